The number of hydrogen-bond acceptors (Lipinski definition) is 5. The molecule has 0 bridgehead atoms. The van der Waals surface area contributed by atoms with Crippen molar-refractivity contribution in [3.63, 3.8) is 0 Å². The van der Waals surface area contributed by atoms with Gasteiger partial charge >= 0.3 is 0 Å². The van der Waals surface area contributed by atoms with Gasteiger partial charge in [-0.1, -0.05) is 0 Å². The zero-order chi connectivity index (χ0) is 16.2. The van der Waals surface area contributed by atoms with Crippen molar-refractivity contribution in [2.24, 2.45) is 5.92 Å². The van der Waals surface area contributed by atoms with E-state index in [0.29, 0.717) is 6.04 Å². The van der Waals surface area contributed by atoms with Gasteiger partial charge in [-0.3, -0.25) is 4.90 Å². The minimum Gasteiger partial charge on any atom is -0.301 e. The highest BCUT2D eigenvalue weighted by atomic mass is 32.1. The number of likely N-dealkylation sites (tertiary alicyclic amines) is 1. The number of piperidine rings is 1. The van der Waals surface area contributed by atoms with Crippen LogP contribution in [-0.4, -0.2) is 71.5 Å². The van der Waals surface area contributed by atoms with Crippen molar-refractivity contribution < 1.29 is 0 Å². The molecule has 0 N–H and O–H groups in total. The molecule has 3 heterocycles. The van der Waals surface area contributed by atoms with Crippen LogP contribution < -0.4 is 0 Å². The van der Waals surface area contributed by atoms with Crippen LogP contribution in [0.3, 0.4) is 0 Å². The summed E-state index contributed by atoms with van der Waals surface area (Å²) in [6.07, 6.45) is 2.77. The molecular weight excluding hydrogens is 304 g/mol. The van der Waals surface area contributed by atoms with E-state index < -0.39 is 0 Å². The molecule has 0 aliphatic carbocycles. The Morgan fingerprint density at radius 1 is 1.09 bits per heavy atom. The van der Waals surface area contributed by atoms with Crippen molar-refractivity contribution in [3.05, 3.63) is 16.1 Å². The molecule has 0 spiro atoms. The molecule has 3 rings (SSSR count). The molecule has 2 saturated heterocycles. The Morgan fingerprint density at radius 2 is 1.74 bits per heavy atom. The third kappa shape index (κ3) is 4.99. The van der Waals surface area contributed by atoms with Gasteiger partial charge in [0.2, 0.25) is 0 Å². The number of nitrogens with zero attached hydrogens (tertiary/aromatic N) is 4. The molecule has 5 heteroatoms. The molecule has 2 fully saturated rings. The van der Waals surface area contributed by atoms with E-state index in [-0.39, 0.29) is 0 Å². The van der Waals surface area contributed by atoms with Gasteiger partial charge in [0, 0.05) is 50.7 Å². The third-order valence-electron chi connectivity index (χ3n) is 5.41. The summed E-state index contributed by atoms with van der Waals surface area (Å²) >= 11 is 1.77. The highest BCUT2D eigenvalue weighted by Gasteiger charge is 2.24. The predicted molar refractivity (Wildman–Crippen MR) is 98.0 cm³/mol. The lowest BCUT2D eigenvalue weighted by Gasteiger charge is -2.39. The summed E-state index contributed by atoms with van der Waals surface area (Å²) in [7, 11) is 0. The first kappa shape index (κ1) is 17.3. The van der Waals surface area contributed by atoms with Gasteiger partial charge in [-0.05, 0) is 52.6 Å². The largest absolute Gasteiger partial charge is 0.301 e. The summed E-state index contributed by atoms with van der Waals surface area (Å²) in [6.45, 7) is 16.5. The molecule has 0 radical (unpaired) electrons. The van der Waals surface area contributed by atoms with Crippen LogP contribution in [0.4, 0.5) is 0 Å². The van der Waals surface area contributed by atoms with Crippen LogP contribution in [0.2, 0.25) is 0 Å². The monoisotopic (exact) mass is 336 g/mol. The first-order valence-electron chi connectivity index (χ1n) is 9.20. The fourth-order valence-corrected chi connectivity index (χ4v) is 4.46. The SMILES string of the molecule is Cc1nc(CN2CCN(CC3CCN(C(C)C)CC3)CC2)cs1. The van der Waals surface area contributed by atoms with Crippen molar-refractivity contribution in [2.75, 3.05) is 45.8 Å². The molecule has 0 aromatic carbocycles. The summed E-state index contributed by atoms with van der Waals surface area (Å²) < 4.78 is 0. The normalized spacial score (nSPS) is 23.0. The average molecular weight is 337 g/mol. The molecule has 1 aromatic rings. The highest BCUT2D eigenvalue weighted by molar-refractivity contribution is 7.09. The first-order chi connectivity index (χ1) is 11.1. The predicted octanol–water partition coefficient (Wildman–Crippen LogP) is 2.69. The summed E-state index contributed by atoms with van der Waals surface area (Å²) in [6, 6.07) is 0.717. The number of hydrogen-bond donors (Lipinski definition) is 0. The Bertz CT molecular complexity index is 471. The van der Waals surface area contributed by atoms with Crippen LogP contribution in [0, 0.1) is 12.8 Å². The minimum absolute atomic E-state index is 0.717. The second kappa shape index (κ2) is 8.06. The van der Waals surface area contributed by atoms with Gasteiger partial charge in [0.1, 0.15) is 0 Å². The van der Waals surface area contributed by atoms with Gasteiger partial charge in [0.15, 0.2) is 0 Å². The Balaban J connectivity index is 1.36. The van der Waals surface area contributed by atoms with Crippen molar-refractivity contribution in [1.82, 2.24) is 19.7 Å². The van der Waals surface area contributed by atoms with Crippen molar-refractivity contribution in [3.8, 4) is 0 Å². The number of aryl methyl sites for hydroxylation is 1. The van der Waals surface area contributed by atoms with Gasteiger partial charge < -0.3 is 9.80 Å². The van der Waals surface area contributed by atoms with Crippen LogP contribution in [-0.2, 0) is 6.54 Å². The molecule has 23 heavy (non-hydrogen) atoms. The quantitative estimate of drug-likeness (QED) is 0.824. The van der Waals surface area contributed by atoms with Gasteiger partial charge in [-0.15, -0.1) is 11.3 Å². The number of rotatable bonds is 5. The second-order valence-electron chi connectivity index (χ2n) is 7.51. The van der Waals surface area contributed by atoms with Crippen molar-refractivity contribution in [1.29, 1.82) is 0 Å². The van der Waals surface area contributed by atoms with E-state index in [1.54, 1.807) is 11.3 Å². The van der Waals surface area contributed by atoms with Crippen LogP contribution >= 0.6 is 11.3 Å². The topological polar surface area (TPSA) is 22.6 Å². The molecule has 2 aliphatic heterocycles. The number of thiazole rings is 1. The highest BCUT2D eigenvalue weighted by Crippen LogP contribution is 2.21. The van der Waals surface area contributed by atoms with Gasteiger partial charge in [-0.2, -0.15) is 0 Å². The zero-order valence-corrected chi connectivity index (χ0v) is 15.8. The lowest BCUT2D eigenvalue weighted by atomic mass is 9.95. The molecule has 0 atom stereocenters. The van der Waals surface area contributed by atoms with Gasteiger partial charge in [0.05, 0.1) is 10.7 Å². The maximum Gasteiger partial charge on any atom is 0.0897 e. The molecular formula is C18H32N4S. The van der Waals surface area contributed by atoms with E-state index in [0.717, 1.165) is 12.5 Å². The van der Waals surface area contributed by atoms with Crippen molar-refractivity contribution in [2.45, 2.75) is 46.2 Å². The van der Waals surface area contributed by atoms with E-state index in [4.69, 9.17) is 0 Å². The maximum atomic E-state index is 4.60. The third-order valence-corrected chi connectivity index (χ3v) is 6.24. The Kier molecular flexibility index (Phi) is 6.07. The number of aromatic nitrogens is 1. The van der Waals surface area contributed by atoms with Crippen molar-refractivity contribution >= 4 is 11.3 Å². The van der Waals surface area contributed by atoms with E-state index in [9.17, 15) is 0 Å². The lowest BCUT2D eigenvalue weighted by molar-refractivity contribution is 0.0844. The lowest BCUT2D eigenvalue weighted by Crippen LogP contribution is -2.48. The minimum atomic E-state index is 0.717. The van der Waals surface area contributed by atoms with Gasteiger partial charge in [0.25, 0.3) is 0 Å². The Labute approximate surface area is 145 Å². The number of piperazine rings is 1. The van der Waals surface area contributed by atoms with Gasteiger partial charge in [-0.25, -0.2) is 4.98 Å². The van der Waals surface area contributed by atoms with E-state index in [1.165, 1.54) is 69.4 Å². The molecule has 0 unspecified atom stereocenters. The molecule has 0 saturated carbocycles. The van der Waals surface area contributed by atoms with Crippen LogP contribution in [0.1, 0.15) is 37.4 Å². The van der Waals surface area contributed by atoms with Crippen LogP contribution in [0.25, 0.3) is 0 Å². The van der Waals surface area contributed by atoms with E-state index >= 15 is 0 Å². The molecule has 2 aliphatic rings. The summed E-state index contributed by atoms with van der Waals surface area (Å²) in [5.41, 5.74) is 1.25. The smallest absolute Gasteiger partial charge is 0.0897 e. The van der Waals surface area contributed by atoms with E-state index in [1.807, 2.05) is 0 Å². The summed E-state index contributed by atoms with van der Waals surface area (Å²) in [4.78, 5) is 12.5. The molecule has 130 valence electrons. The second-order valence-corrected chi connectivity index (χ2v) is 8.57. The fraction of sp³-hybridized carbons (Fsp3) is 0.833. The molecule has 4 nitrogen and oxygen atoms in total. The standard InChI is InChI=1S/C18H32N4S/c1-15(2)22-6-4-17(5-7-22)12-20-8-10-21(11-9-20)13-18-14-23-16(3)19-18/h14-15,17H,4-13H2,1-3H3. The first-order valence-corrected chi connectivity index (χ1v) is 10.1. The molecule has 0 amide bonds. The Hall–Kier alpha value is -0.490. The summed E-state index contributed by atoms with van der Waals surface area (Å²) in [5, 5.41) is 3.40. The maximum absolute atomic E-state index is 4.60. The fourth-order valence-electron chi connectivity index (χ4n) is 3.86. The van der Waals surface area contributed by atoms with Crippen LogP contribution in [0.5, 0.6) is 0 Å². The molecule has 1 aromatic heterocycles. The zero-order valence-electron chi connectivity index (χ0n) is 15.0. The summed E-state index contributed by atoms with van der Waals surface area (Å²) in [5.74, 6) is 0.915. The van der Waals surface area contributed by atoms with Crippen LogP contribution in [0.15, 0.2) is 5.38 Å². The van der Waals surface area contributed by atoms with E-state index in [2.05, 4.69) is 45.8 Å². The Morgan fingerprint density at radius 3 is 2.30 bits per heavy atom. The average Bonchev–Trinajstić information content (AvgIpc) is 2.95.